The number of fused-ring (bicyclic) bond motifs is 1. The number of benzene rings is 1. The van der Waals surface area contributed by atoms with E-state index in [1.807, 2.05) is 19.9 Å². The fourth-order valence-corrected chi connectivity index (χ4v) is 6.57. The first-order valence-corrected chi connectivity index (χ1v) is 14.4. The predicted octanol–water partition coefficient (Wildman–Crippen LogP) is 5.06. The van der Waals surface area contributed by atoms with Gasteiger partial charge in [0.15, 0.2) is 11.5 Å². The highest BCUT2D eigenvalue weighted by atomic mass is 127. The lowest BCUT2D eigenvalue weighted by Gasteiger charge is -2.36. The molecule has 1 aliphatic heterocycles. The zero-order valence-electron chi connectivity index (χ0n) is 22.3. The molecule has 3 N–H and O–H groups in total. The monoisotopic (exact) mass is 625 g/mol. The maximum absolute atomic E-state index is 13.2. The number of hydrogen-bond donors (Lipinski definition) is 3. The van der Waals surface area contributed by atoms with Crippen LogP contribution in [0.25, 0.3) is 6.08 Å². The zero-order chi connectivity index (χ0) is 27.3. The molecule has 3 rings (SSSR count). The molecule has 1 saturated heterocycles. The van der Waals surface area contributed by atoms with Crippen molar-refractivity contribution in [2.75, 3.05) is 20.3 Å². The lowest BCUT2D eigenvalue weighted by atomic mass is 9.67. The maximum Gasteiger partial charge on any atom is 0.233 e. The lowest BCUT2D eigenvalue weighted by molar-refractivity contribution is -0.140. The number of phenols is 1. The topological polar surface area (TPSA) is 107 Å². The van der Waals surface area contributed by atoms with E-state index in [4.69, 9.17) is 4.74 Å². The molecule has 0 spiro atoms. The Morgan fingerprint density at radius 1 is 1.19 bits per heavy atom. The van der Waals surface area contributed by atoms with Crippen molar-refractivity contribution < 1.29 is 29.6 Å². The van der Waals surface area contributed by atoms with Gasteiger partial charge >= 0.3 is 0 Å². The number of carbonyl (C=O) groups is 2. The third-order valence-corrected chi connectivity index (χ3v) is 8.48. The highest BCUT2D eigenvalue weighted by Gasteiger charge is 2.54. The first-order valence-electron chi connectivity index (χ1n) is 13.3. The van der Waals surface area contributed by atoms with Crippen LogP contribution >= 0.6 is 22.6 Å². The number of halogens is 1. The molecule has 1 aromatic carbocycles. The smallest absolute Gasteiger partial charge is 0.233 e. The van der Waals surface area contributed by atoms with Gasteiger partial charge in [0, 0.05) is 12.5 Å². The molecule has 37 heavy (non-hydrogen) atoms. The summed E-state index contributed by atoms with van der Waals surface area (Å²) in [5.74, 6) is -1.38. The minimum absolute atomic E-state index is 0.120. The van der Waals surface area contributed by atoms with E-state index in [2.05, 4.69) is 35.6 Å². The van der Waals surface area contributed by atoms with Gasteiger partial charge in [-0.1, -0.05) is 44.4 Å². The average molecular weight is 626 g/mol. The van der Waals surface area contributed by atoms with Gasteiger partial charge in [-0.15, -0.1) is 0 Å². The maximum atomic E-state index is 13.2. The van der Waals surface area contributed by atoms with Crippen LogP contribution in [0, 0.1) is 21.3 Å². The van der Waals surface area contributed by atoms with Gasteiger partial charge in [-0.3, -0.25) is 14.5 Å². The number of hydrogen-bond acceptors (Lipinski definition) is 6. The lowest BCUT2D eigenvalue weighted by Crippen LogP contribution is -2.39. The van der Waals surface area contributed by atoms with Crippen molar-refractivity contribution in [3.63, 3.8) is 0 Å². The number of likely N-dealkylation sites (tertiary alicyclic amines) is 1. The van der Waals surface area contributed by atoms with E-state index in [1.165, 1.54) is 17.6 Å². The molecule has 8 heteroatoms. The van der Waals surface area contributed by atoms with E-state index in [0.29, 0.717) is 48.0 Å². The molecule has 1 aliphatic carbocycles. The van der Waals surface area contributed by atoms with Crippen LogP contribution < -0.4 is 4.74 Å². The summed E-state index contributed by atoms with van der Waals surface area (Å²) in [7, 11) is 1.53. The van der Waals surface area contributed by atoms with E-state index in [9.17, 15) is 24.9 Å². The molecule has 4 atom stereocenters. The number of methoxy groups -OCH3 is 1. The molecule has 2 aliphatic rings. The number of carbonyl (C=O) groups excluding carboxylic acids is 2. The van der Waals surface area contributed by atoms with Crippen LogP contribution in [-0.4, -0.2) is 58.4 Å². The van der Waals surface area contributed by atoms with E-state index in [0.717, 1.165) is 29.6 Å². The molecular weight excluding hydrogens is 585 g/mol. The highest BCUT2D eigenvalue weighted by Crippen LogP contribution is 2.47. The summed E-state index contributed by atoms with van der Waals surface area (Å²) >= 11 is 2.08. The van der Waals surface area contributed by atoms with Crippen LogP contribution in [0.3, 0.4) is 0 Å². The number of amides is 2. The van der Waals surface area contributed by atoms with Crippen LogP contribution in [0.1, 0.15) is 71.3 Å². The van der Waals surface area contributed by atoms with E-state index in [1.54, 1.807) is 6.07 Å². The fourth-order valence-electron chi connectivity index (χ4n) is 5.94. The Morgan fingerprint density at radius 2 is 1.92 bits per heavy atom. The summed E-state index contributed by atoms with van der Waals surface area (Å²) in [5.41, 5.74) is 3.83. The molecule has 2 amide bonds. The summed E-state index contributed by atoms with van der Waals surface area (Å²) in [6, 6.07) is 3.70. The molecule has 0 unspecified atom stereocenters. The molecule has 0 aromatic heterocycles. The highest BCUT2D eigenvalue weighted by molar-refractivity contribution is 14.1. The SMILES string of the molecule is CCC/C(=C\c1cc(I)c(O)c(OC)c1)CC[C@@H](O)C1=C(CC)C[C@H]2C(=O)N(CCC)C(=O)[C@H]2[C@H]1CO. The number of allylic oxidation sites excluding steroid dienone is 2. The Hall–Kier alpha value is -1.91. The quantitative estimate of drug-likeness (QED) is 0.170. The molecular formula is C29H40INO6. The van der Waals surface area contributed by atoms with Crippen LogP contribution in [0.5, 0.6) is 11.5 Å². The summed E-state index contributed by atoms with van der Waals surface area (Å²) in [6.45, 7) is 6.18. The van der Waals surface area contributed by atoms with Crippen molar-refractivity contribution in [1.82, 2.24) is 4.90 Å². The van der Waals surface area contributed by atoms with Crippen molar-refractivity contribution in [2.24, 2.45) is 17.8 Å². The second-order valence-electron chi connectivity index (χ2n) is 10.0. The normalized spacial score (nSPS) is 23.1. The van der Waals surface area contributed by atoms with Crippen LogP contribution in [0.4, 0.5) is 0 Å². The van der Waals surface area contributed by atoms with Crippen molar-refractivity contribution >= 4 is 40.5 Å². The molecule has 0 radical (unpaired) electrons. The summed E-state index contributed by atoms with van der Waals surface area (Å²) in [5, 5.41) is 31.9. The number of nitrogens with zero attached hydrogens (tertiary/aromatic N) is 1. The molecule has 7 nitrogen and oxygen atoms in total. The average Bonchev–Trinajstić information content (AvgIpc) is 3.12. The molecule has 0 bridgehead atoms. The van der Waals surface area contributed by atoms with Crippen molar-refractivity contribution in [3.8, 4) is 11.5 Å². The number of aliphatic hydroxyl groups excluding tert-OH is 2. The minimum Gasteiger partial charge on any atom is -0.504 e. The first kappa shape index (κ1) is 29.6. The fraction of sp³-hybridized carbons (Fsp3) is 0.586. The van der Waals surface area contributed by atoms with Gasteiger partial charge < -0.3 is 20.1 Å². The third-order valence-electron chi connectivity index (χ3n) is 7.66. The number of phenolic OH excluding ortho intramolecular Hbond substituents is 1. The summed E-state index contributed by atoms with van der Waals surface area (Å²) in [4.78, 5) is 27.5. The Labute approximate surface area is 233 Å². The summed E-state index contributed by atoms with van der Waals surface area (Å²) < 4.78 is 6.00. The van der Waals surface area contributed by atoms with E-state index < -0.39 is 23.9 Å². The Kier molecular flexibility index (Phi) is 10.6. The molecule has 1 fully saturated rings. The summed E-state index contributed by atoms with van der Waals surface area (Å²) in [6.07, 6.45) is 6.04. The van der Waals surface area contributed by atoms with Crippen molar-refractivity contribution in [3.05, 3.63) is 38.0 Å². The number of aliphatic hydroxyl groups is 2. The zero-order valence-corrected chi connectivity index (χ0v) is 24.5. The molecule has 204 valence electrons. The first-order chi connectivity index (χ1) is 17.7. The predicted molar refractivity (Wildman–Crippen MR) is 152 cm³/mol. The van der Waals surface area contributed by atoms with Crippen LogP contribution in [0.2, 0.25) is 0 Å². The number of ether oxygens (including phenoxy) is 1. The second-order valence-corrected chi connectivity index (χ2v) is 11.2. The number of aromatic hydroxyl groups is 1. The Morgan fingerprint density at radius 3 is 2.51 bits per heavy atom. The van der Waals surface area contributed by atoms with E-state index >= 15 is 0 Å². The van der Waals surface area contributed by atoms with Crippen LogP contribution in [0.15, 0.2) is 28.9 Å². The van der Waals surface area contributed by atoms with Crippen molar-refractivity contribution in [2.45, 2.75) is 71.8 Å². The van der Waals surface area contributed by atoms with Gasteiger partial charge in [-0.25, -0.2) is 0 Å². The van der Waals surface area contributed by atoms with E-state index in [-0.39, 0.29) is 24.2 Å². The Bertz CT molecular complexity index is 1060. The van der Waals surface area contributed by atoms with Gasteiger partial charge in [-0.05, 0) is 84.4 Å². The van der Waals surface area contributed by atoms with Gasteiger partial charge in [0.2, 0.25) is 11.8 Å². The molecule has 1 aromatic rings. The number of rotatable bonds is 12. The molecule has 0 saturated carbocycles. The standard InChI is InChI=1S/C29H40INO6/c1-5-8-17(12-18-13-22(30)27(34)24(14-18)37-4)9-10-23(33)25-19(7-3)15-20-26(21(25)16-32)29(36)31(11-6-2)28(20)35/h12-14,20-21,23,26,32-34H,5-11,15-16H2,1-4H3/b17-12+/t20-,21+,23-,26-/m1/s1. The number of imide groups is 1. The second kappa shape index (κ2) is 13.2. The third kappa shape index (κ3) is 6.23. The van der Waals surface area contributed by atoms with Crippen molar-refractivity contribution in [1.29, 1.82) is 0 Å². The van der Waals surface area contributed by atoms with Gasteiger partial charge in [0.05, 0.1) is 35.2 Å². The van der Waals surface area contributed by atoms with Gasteiger partial charge in [0.1, 0.15) is 0 Å². The largest absolute Gasteiger partial charge is 0.504 e. The minimum atomic E-state index is -0.800. The van der Waals surface area contributed by atoms with Gasteiger partial charge in [0.25, 0.3) is 0 Å². The Balaban J connectivity index is 1.85. The van der Waals surface area contributed by atoms with Gasteiger partial charge in [-0.2, -0.15) is 0 Å². The molecule has 1 heterocycles. The van der Waals surface area contributed by atoms with Crippen LogP contribution in [-0.2, 0) is 9.59 Å².